The molecule has 0 bridgehead atoms. The molecule has 13 N–H and O–H groups in total. The molecule has 5 saturated heterocycles. The zero-order valence-electron chi connectivity index (χ0n) is 42.7. The Balaban J connectivity index is 0.846. The van der Waals surface area contributed by atoms with Gasteiger partial charge >= 0.3 is 0 Å². The lowest BCUT2D eigenvalue weighted by Gasteiger charge is -2.58. The van der Waals surface area contributed by atoms with Gasteiger partial charge in [0.2, 0.25) is 0 Å². The zero-order valence-corrected chi connectivity index (χ0v) is 42.7. The second-order valence-corrected chi connectivity index (χ2v) is 23.8. The van der Waals surface area contributed by atoms with Crippen molar-refractivity contribution in [1.29, 1.82) is 0 Å². The van der Waals surface area contributed by atoms with E-state index in [9.17, 15) is 66.4 Å². The first kappa shape index (κ1) is 56.6. The second kappa shape index (κ2) is 21.8. The van der Waals surface area contributed by atoms with Gasteiger partial charge < -0.3 is 109 Å². The van der Waals surface area contributed by atoms with Crippen LogP contribution < -0.4 is 0 Å². The van der Waals surface area contributed by atoms with Crippen molar-refractivity contribution in [2.75, 3.05) is 19.8 Å². The highest BCUT2D eigenvalue weighted by atomic mass is 16.8. The minimum atomic E-state index is -1.75. The van der Waals surface area contributed by atoms with Crippen molar-refractivity contribution >= 4 is 0 Å². The lowest BCUT2D eigenvalue weighted by Crippen LogP contribution is -2.66. The molecule has 31 atom stereocenters. The summed E-state index contributed by atoms with van der Waals surface area (Å²) in [4.78, 5) is 0. The Morgan fingerprint density at radius 1 is 0.644 bits per heavy atom. The molecule has 3 saturated carbocycles. The number of aliphatic hydroxyl groups is 13. The Hall–Kier alpha value is -1.14. The number of allylic oxidation sites excluding steroid dienone is 1. The summed E-state index contributed by atoms with van der Waals surface area (Å²) < 4.78 is 54.6. The maximum absolute atomic E-state index is 12.1. The molecule has 5 aliphatic heterocycles. The molecule has 0 aromatic rings. The average molecular weight is 1050 g/mol. The van der Waals surface area contributed by atoms with Crippen LogP contribution in [0.3, 0.4) is 0 Å². The normalized spacial score (nSPS) is 55.5. The Bertz CT molecular complexity index is 1900. The monoisotopic (exact) mass is 1050 g/mol. The average Bonchev–Trinajstić information content (AvgIpc) is 3.80. The van der Waals surface area contributed by atoms with Crippen molar-refractivity contribution in [3.63, 3.8) is 0 Å². The van der Waals surface area contributed by atoms with Crippen LogP contribution in [-0.2, 0) is 42.6 Å². The Morgan fingerprint density at radius 2 is 1.23 bits per heavy atom. The number of hydrogen-bond acceptors (Lipinski definition) is 22. The van der Waals surface area contributed by atoms with E-state index in [0.29, 0.717) is 43.4 Å². The molecule has 4 aliphatic carbocycles. The molecule has 0 aromatic heterocycles. The third-order valence-corrected chi connectivity index (χ3v) is 19.5. The van der Waals surface area contributed by atoms with Crippen LogP contribution in [0, 0.1) is 46.3 Å². The van der Waals surface area contributed by atoms with Gasteiger partial charge in [0, 0.05) is 12.3 Å². The molecule has 420 valence electrons. The van der Waals surface area contributed by atoms with Crippen molar-refractivity contribution in [3.8, 4) is 0 Å². The fourth-order valence-corrected chi connectivity index (χ4v) is 14.9. The topological polar surface area (TPSA) is 346 Å². The lowest BCUT2D eigenvalue weighted by atomic mass is 9.47. The molecule has 5 heterocycles. The van der Waals surface area contributed by atoms with Crippen LogP contribution >= 0.6 is 0 Å². The van der Waals surface area contributed by atoms with Crippen LogP contribution in [0.25, 0.3) is 0 Å². The summed E-state index contributed by atoms with van der Waals surface area (Å²) in [7, 11) is 0. The van der Waals surface area contributed by atoms with Gasteiger partial charge in [-0.3, -0.25) is 0 Å². The van der Waals surface area contributed by atoms with E-state index >= 15 is 0 Å². The molecule has 0 spiro atoms. The molecule has 6 unspecified atom stereocenters. The van der Waals surface area contributed by atoms with Crippen LogP contribution in [0.2, 0.25) is 0 Å². The molecule has 0 radical (unpaired) electrons. The van der Waals surface area contributed by atoms with Gasteiger partial charge in [0.1, 0.15) is 85.5 Å². The van der Waals surface area contributed by atoms with E-state index in [4.69, 9.17) is 42.6 Å². The van der Waals surface area contributed by atoms with E-state index in [1.165, 1.54) is 19.4 Å². The summed E-state index contributed by atoms with van der Waals surface area (Å²) in [6.45, 7) is 10.7. The Labute approximate surface area is 426 Å². The van der Waals surface area contributed by atoms with E-state index in [1.807, 2.05) is 6.92 Å². The van der Waals surface area contributed by atoms with Gasteiger partial charge in [-0.05, 0) is 106 Å². The first-order valence-electron chi connectivity index (χ1n) is 26.8. The van der Waals surface area contributed by atoms with Crippen molar-refractivity contribution in [2.24, 2.45) is 46.3 Å². The lowest BCUT2D eigenvalue weighted by molar-refractivity contribution is -0.388. The summed E-state index contributed by atoms with van der Waals surface area (Å²) >= 11 is 0. The largest absolute Gasteiger partial charge is 0.394 e. The first-order chi connectivity index (χ1) is 34.5. The highest BCUT2D eigenvalue weighted by molar-refractivity contribution is 5.26. The predicted molar refractivity (Wildman–Crippen MR) is 249 cm³/mol. The minimum absolute atomic E-state index is 0.0589. The summed E-state index contributed by atoms with van der Waals surface area (Å²) in [5.41, 5.74) is 1.07. The first-order valence-corrected chi connectivity index (χ1v) is 26.8. The van der Waals surface area contributed by atoms with Gasteiger partial charge in [0.25, 0.3) is 0 Å². The maximum atomic E-state index is 12.1. The second-order valence-electron chi connectivity index (χ2n) is 23.8. The third kappa shape index (κ3) is 10.2. The third-order valence-electron chi connectivity index (χ3n) is 19.5. The van der Waals surface area contributed by atoms with Crippen molar-refractivity contribution in [3.05, 3.63) is 11.6 Å². The summed E-state index contributed by atoms with van der Waals surface area (Å²) in [5, 5.41) is 139. The van der Waals surface area contributed by atoms with Gasteiger partial charge in [0.05, 0.1) is 44.2 Å². The smallest absolute Gasteiger partial charge is 0.187 e. The molecule has 0 amide bonds. The maximum Gasteiger partial charge on any atom is 0.187 e. The highest BCUT2D eigenvalue weighted by Crippen LogP contribution is 2.70. The molecule has 9 rings (SSSR count). The van der Waals surface area contributed by atoms with Gasteiger partial charge in [-0.1, -0.05) is 39.3 Å². The van der Waals surface area contributed by atoms with Gasteiger partial charge in [0.15, 0.2) is 30.9 Å². The van der Waals surface area contributed by atoms with Crippen LogP contribution in [0.5, 0.6) is 0 Å². The molecule has 22 heteroatoms. The van der Waals surface area contributed by atoms with Crippen molar-refractivity contribution in [1.82, 2.24) is 0 Å². The number of ether oxygens (including phenoxy) is 9. The fraction of sp³-hybridized carbons (Fsp3) is 0.961. The number of aliphatic hydroxyl groups excluding tert-OH is 12. The summed E-state index contributed by atoms with van der Waals surface area (Å²) in [6.07, 6.45) is -20.5. The summed E-state index contributed by atoms with van der Waals surface area (Å²) in [6, 6.07) is 0. The predicted octanol–water partition coefficient (Wildman–Crippen LogP) is -1.98. The van der Waals surface area contributed by atoms with Gasteiger partial charge in [-0.15, -0.1) is 0 Å². The van der Waals surface area contributed by atoms with Gasteiger partial charge in [-0.25, -0.2) is 0 Å². The molecular weight excluding hydrogens is 965 g/mol. The zero-order chi connectivity index (χ0) is 52.8. The Kier molecular flexibility index (Phi) is 16.9. The van der Waals surface area contributed by atoms with Crippen LogP contribution in [0.4, 0.5) is 0 Å². The van der Waals surface area contributed by atoms with E-state index in [0.717, 1.165) is 32.1 Å². The van der Waals surface area contributed by atoms with Crippen molar-refractivity contribution in [2.45, 2.75) is 240 Å². The molecule has 9 aliphatic rings. The Morgan fingerprint density at radius 3 is 1.86 bits per heavy atom. The molecule has 8 fully saturated rings. The number of hydrogen-bond donors (Lipinski definition) is 13. The molecular formula is C51H84O22. The standard InChI is InChI=1S/C51H84O22/c1-20(19-65-45-39(60)38(59)35(56)30(17-52)69-45)9-14-51(64)21(2)32-29(73-51)16-28-26-8-7-24-15-25(10-12-49(24,5)27(26)11-13-50(28,32)6)68-48-44(72-47-41(62)37(58)34(55)23(4)67-47)42(63)43(31(18-53)70-48)71-46-40(61)36(57)33(54)22(3)66-46/h7,20-23,25-48,52-64H,8-19H2,1-6H3/t20-,21?,22+,23-,25+,26-,27?,28?,29-,30-,31-,32?,33+,34-,35-,36-,37+,38+,39-,40-,41+,42+,43-,44?,45-,46+,47-,48-,49+,50+,51?/m1/s1. The van der Waals surface area contributed by atoms with Gasteiger partial charge in [-0.2, -0.15) is 0 Å². The SMILES string of the molecule is CC1C2[C@@H](CC3[C@@H]4CC=C5C[C@@H](O[C@@H]6O[C@H](CO)[C@@H](O[C@@H]7O[C@@H](C)[C@H](O)[C@@H](O)[C@H]7O)[C@H](O)C6O[C@H]6O[C@H](C)[C@@H](O)[C@H](O)[C@@H]6O)CC[C@]5(C)C4CC[C@@]32C)OC1(O)CC[C@@H](C)CO[C@@H]1O[C@H](CO)[C@@H](O)[C@H](O)[C@H]1O. The summed E-state index contributed by atoms with van der Waals surface area (Å²) in [5.74, 6) is -0.232. The van der Waals surface area contributed by atoms with Crippen LogP contribution in [0.15, 0.2) is 11.6 Å². The number of fused-ring (bicyclic) bond motifs is 7. The molecule has 22 nitrogen and oxygen atoms in total. The fourth-order valence-electron chi connectivity index (χ4n) is 14.9. The van der Waals surface area contributed by atoms with Crippen LogP contribution in [-0.4, -0.2) is 227 Å². The minimum Gasteiger partial charge on any atom is -0.394 e. The van der Waals surface area contributed by atoms with E-state index in [-0.39, 0.29) is 41.3 Å². The molecule has 0 aromatic carbocycles. The van der Waals surface area contributed by atoms with Crippen LogP contribution in [0.1, 0.15) is 99.3 Å². The van der Waals surface area contributed by atoms with Crippen molar-refractivity contribution < 1.29 is 109 Å². The quantitative estimate of drug-likeness (QED) is 0.0839. The van der Waals surface area contributed by atoms with E-state index in [1.54, 1.807) is 0 Å². The highest BCUT2D eigenvalue weighted by Gasteiger charge is 2.68. The van der Waals surface area contributed by atoms with E-state index in [2.05, 4.69) is 26.8 Å². The van der Waals surface area contributed by atoms with E-state index < -0.39 is 148 Å². The molecule has 73 heavy (non-hydrogen) atoms. The number of rotatable bonds is 14.